The number of halogens is 3. The molecule has 0 saturated heterocycles. The lowest BCUT2D eigenvalue weighted by molar-refractivity contribution is 0.0954. The molecule has 2 amide bonds. The van der Waals surface area contributed by atoms with E-state index in [0.29, 0.717) is 29.7 Å². The van der Waals surface area contributed by atoms with Gasteiger partial charge in [-0.25, -0.2) is 9.18 Å². The lowest BCUT2D eigenvalue weighted by atomic mass is 9.86. The predicted octanol–water partition coefficient (Wildman–Crippen LogP) is 5.63. The zero-order valence-electron chi connectivity index (χ0n) is 16.6. The molecular weight excluding hydrogens is 410 g/mol. The standard InChI is InChI=1S/C23H25ClF2N2O2/c24-17-4-3-5-18(13-10-17)27-23(29)28-19-11-8-16(9-12-19)14-30-15-20-21(25)6-1-2-7-22(20)26/h1-3,5-6,10,13,16,19H,4,8-9,11-12,14-15H2,(H2,27,28,29). The van der Waals surface area contributed by atoms with Gasteiger partial charge in [0, 0.05) is 29.8 Å². The van der Waals surface area contributed by atoms with Gasteiger partial charge in [0.1, 0.15) is 5.83 Å². The summed E-state index contributed by atoms with van der Waals surface area (Å²) in [4.78, 5) is 12.2. The van der Waals surface area contributed by atoms with E-state index < -0.39 is 11.7 Å². The SMILES string of the molecule is O=C(NC1=CC=C(Cl)CC=C1)NC1CCC(COCC2=C(F)C=CC=C=C2F)CC1. The van der Waals surface area contributed by atoms with E-state index in [4.69, 9.17) is 16.3 Å². The van der Waals surface area contributed by atoms with Crippen molar-refractivity contribution in [2.45, 2.75) is 38.1 Å². The van der Waals surface area contributed by atoms with Crippen LogP contribution >= 0.6 is 11.6 Å². The molecule has 0 aliphatic heterocycles. The Morgan fingerprint density at radius 2 is 2.00 bits per heavy atom. The van der Waals surface area contributed by atoms with E-state index in [2.05, 4.69) is 16.4 Å². The molecule has 0 aromatic rings. The number of allylic oxidation sites excluding steroid dienone is 8. The number of hydrogen-bond donors (Lipinski definition) is 2. The molecule has 7 heteroatoms. The van der Waals surface area contributed by atoms with Gasteiger partial charge in [-0.15, -0.1) is 0 Å². The van der Waals surface area contributed by atoms with Gasteiger partial charge in [0.25, 0.3) is 0 Å². The molecule has 1 saturated carbocycles. The number of amides is 2. The molecule has 0 atom stereocenters. The quantitative estimate of drug-likeness (QED) is 0.532. The lowest BCUT2D eigenvalue weighted by Gasteiger charge is -2.29. The molecule has 0 aromatic heterocycles. The molecule has 0 radical (unpaired) electrons. The first-order chi connectivity index (χ1) is 14.5. The minimum Gasteiger partial charge on any atom is -0.376 e. The molecule has 3 aliphatic rings. The minimum atomic E-state index is -0.729. The number of carbonyl (C=O) groups excluding carboxylic acids is 1. The molecule has 0 spiro atoms. The maximum absolute atomic E-state index is 13.8. The van der Waals surface area contributed by atoms with Crippen molar-refractivity contribution in [3.8, 4) is 0 Å². The summed E-state index contributed by atoms with van der Waals surface area (Å²) in [5.74, 6) is -1.06. The molecule has 4 nitrogen and oxygen atoms in total. The average Bonchev–Trinajstić information content (AvgIpc) is 3.02. The van der Waals surface area contributed by atoms with Crippen LogP contribution in [0.2, 0.25) is 0 Å². The van der Waals surface area contributed by atoms with Crippen LogP contribution in [0.3, 0.4) is 0 Å². The Labute approximate surface area is 180 Å². The van der Waals surface area contributed by atoms with Crippen LogP contribution < -0.4 is 10.6 Å². The van der Waals surface area contributed by atoms with Crippen molar-refractivity contribution in [1.82, 2.24) is 10.6 Å². The summed E-state index contributed by atoms with van der Waals surface area (Å²) in [5, 5.41) is 6.54. The number of hydrogen-bond acceptors (Lipinski definition) is 2. The summed E-state index contributed by atoms with van der Waals surface area (Å²) in [5.41, 5.74) is 2.95. The zero-order chi connectivity index (χ0) is 21.3. The molecule has 0 unspecified atom stereocenters. The smallest absolute Gasteiger partial charge is 0.319 e. The van der Waals surface area contributed by atoms with Gasteiger partial charge in [-0.1, -0.05) is 29.5 Å². The first-order valence-corrected chi connectivity index (χ1v) is 10.4. The molecule has 160 valence electrons. The number of carbonyl (C=O) groups is 1. The summed E-state index contributed by atoms with van der Waals surface area (Å²) < 4.78 is 33.2. The van der Waals surface area contributed by atoms with Gasteiger partial charge >= 0.3 is 6.03 Å². The van der Waals surface area contributed by atoms with E-state index in [1.54, 1.807) is 12.2 Å². The van der Waals surface area contributed by atoms with Gasteiger partial charge in [-0.2, -0.15) is 4.39 Å². The van der Waals surface area contributed by atoms with E-state index >= 15 is 0 Å². The molecule has 1 fully saturated rings. The Morgan fingerprint density at radius 1 is 1.20 bits per heavy atom. The van der Waals surface area contributed by atoms with E-state index in [-0.39, 0.29) is 24.3 Å². The lowest BCUT2D eigenvalue weighted by Crippen LogP contribution is -2.43. The van der Waals surface area contributed by atoms with Crippen molar-refractivity contribution in [1.29, 1.82) is 0 Å². The molecule has 0 aromatic carbocycles. The molecule has 0 bridgehead atoms. The summed E-state index contributed by atoms with van der Waals surface area (Å²) in [6, 6.07) is -0.149. The van der Waals surface area contributed by atoms with Crippen LogP contribution in [0.15, 0.2) is 76.2 Å². The van der Waals surface area contributed by atoms with Gasteiger partial charge < -0.3 is 15.4 Å². The Kier molecular flexibility index (Phi) is 8.26. The van der Waals surface area contributed by atoms with Crippen LogP contribution in [-0.2, 0) is 4.74 Å². The van der Waals surface area contributed by atoms with E-state index in [9.17, 15) is 13.6 Å². The van der Waals surface area contributed by atoms with Crippen LogP contribution in [-0.4, -0.2) is 25.3 Å². The number of ether oxygens (including phenoxy) is 1. The molecule has 30 heavy (non-hydrogen) atoms. The summed E-state index contributed by atoms with van der Waals surface area (Å²) in [6.45, 7) is 0.311. The van der Waals surface area contributed by atoms with Gasteiger partial charge in [-0.05, 0) is 62.0 Å². The normalized spacial score (nSPS) is 23.9. The van der Waals surface area contributed by atoms with Gasteiger partial charge in [0.15, 0.2) is 5.83 Å². The summed E-state index contributed by atoms with van der Waals surface area (Å²) in [7, 11) is 0. The first-order valence-electron chi connectivity index (χ1n) is 10.1. The molecule has 2 N–H and O–H groups in total. The summed E-state index contributed by atoms with van der Waals surface area (Å²) in [6.07, 6.45) is 15.3. The second-order valence-electron chi connectivity index (χ2n) is 7.48. The van der Waals surface area contributed by atoms with Gasteiger partial charge in [0.05, 0.1) is 12.2 Å². The van der Waals surface area contributed by atoms with Crippen molar-refractivity contribution in [2.75, 3.05) is 13.2 Å². The van der Waals surface area contributed by atoms with Gasteiger partial charge in [-0.3, -0.25) is 0 Å². The zero-order valence-corrected chi connectivity index (χ0v) is 17.4. The van der Waals surface area contributed by atoms with Gasteiger partial charge in [0.2, 0.25) is 0 Å². The largest absolute Gasteiger partial charge is 0.376 e. The van der Waals surface area contributed by atoms with Crippen LogP contribution in [0.4, 0.5) is 13.6 Å². The second kappa shape index (κ2) is 11.1. The van der Waals surface area contributed by atoms with Crippen LogP contribution in [0, 0.1) is 5.92 Å². The number of nitrogens with one attached hydrogen (secondary N) is 2. The number of urea groups is 1. The third-order valence-corrected chi connectivity index (χ3v) is 5.48. The third-order valence-electron chi connectivity index (χ3n) is 5.20. The Hall–Kier alpha value is -2.40. The molecule has 3 aliphatic carbocycles. The van der Waals surface area contributed by atoms with Crippen LogP contribution in [0.1, 0.15) is 32.1 Å². The van der Waals surface area contributed by atoms with Crippen molar-refractivity contribution in [3.05, 3.63) is 76.2 Å². The maximum atomic E-state index is 13.8. The highest BCUT2D eigenvalue weighted by molar-refractivity contribution is 6.29. The Balaban J connectivity index is 1.37. The van der Waals surface area contributed by atoms with Crippen molar-refractivity contribution < 1.29 is 18.3 Å². The highest BCUT2D eigenvalue weighted by Crippen LogP contribution is 2.26. The summed E-state index contributed by atoms with van der Waals surface area (Å²) >= 11 is 5.97. The Bertz CT molecular complexity index is 872. The van der Waals surface area contributed by atoms with Crippen LogP contribution in [0.25, 0.3) is 0 Å². The van der Waals surface area contributed by atoms with Crippen LogP contribution in [0.5, 0.6) is 0 Å². The van der Waals surface area contributed by atoms with Crippen molar-refractivity contribution in [2.24, 2.45) is 5.92 Å². The fraction of sp³-hybridized carbons (Fsp3) is 0.391. The fourth-order valence-corrected chi connectivity index (χ4v) is 3.67. The van der Waals surface area contributed by atoms with E-state index in [0.717, 1.165) is 25.7 Å². The molecule has 3 rings (SSSR count). The van der Waals surface area contributed by atoms with Crippen molar-refractivity contribution in [3.63, 3.8) is 0 Å². The predicted molar refractivity (Wildman–Crippen MR) is 114 cm³/mol. The highest BCUT2D eigenvalue weighted by atomic mass is 35.5. The molecule has 0 heterocycles. The molecular formula is C23H25ClF2N2O2. The van der Waals surface area contributed by atoms with Crippen molar-refractivity contribution >= 4 is 17.6 Å². The maximum Gasteiger partial charge on any atom is 0.319 e. The topological polar surface area (TPSA) is 50.4 Å². The monoisotopic (exact) mass is 434 g/mol. The Morgan fingerprint density at radius 3 is 2.80 bits per heavy atom. The first kappa shape index (κ1) is 22.3. The average molecular weight is 435 g/mol. The number of rotatable bonds is 6. The van der Waals surface area contributed by atoms with E-state index in [1.807, 2.05) is 12.2 Å². The fourth-order valence-electron chi connectivity index (χ4n) is 3.52. The highest BCUT2D eigenvalue weighted by Gasteiger charge is 2.23. The van der Waals surface area contributed by atoms with E-state index in [1.165, 1.54) is 18.2 Å². The minimum absolute atomic E-state index is 0.0911. The third kappa shape index (κ3) is 6.84. The second-order valence-corrected chi connectivity index (χ2v) is 7.97.